The van der Waals surface area contributed by atoms with E-state index in [1.165, 1.54) is 6.92 Å². The number of carbonyl (C=O) groups excluding carboxylic acids is 1. The van der Waals surface area contributed by atoms with Crippen LogP contribution >= 0.6 is 0 Å². The summed E-state index contributed by atoms with van der Waals surface area (Å²) in [6, 6.07) is 15.3. The first-order chi connectivity index (χ1) is 11.6. The smallest absolute Gasteiger partial charge is 0.248 e. The maximum atomic E-state index is 11.1. The van der Waals surface area contributed by atoms with E-state index >= 15 is 0 Å². The monoisotopic (exact) mass is 322 g/mol. The number of nitrogens with one attached hydrogen (secondary N) is 2. The molecule has 0 saturated carbocycles. The summed E-state index contributed by atoms with van der Waals surface area (Å²) in [5.74, 6) is 0.905. The Labute approximate surface area is 139 Å². The molecule has 0 aliphatic heterocycles. The molecule has 122 valence electrons. The zero-order valence-electron chi connectivity index (χ0n) is 13.5. The van der Waals surface area contributed by atoms with Gasteiger partial charge in [0.15, 0.2) is 0 Å². The number of hydrogen-bond acceptors (Lipinski definition) is 5. The SMILES string of the molecule is CC(=O)Nc1cccc(NCc2nnc(-c3ccccc3C)o2)c1. The van der Waals surface area contributed by atoms with Crippen LogP contribution in [0.4, 0.5) is 11.4 Å². The Morgan fingerprint density at radius 2 is 1.88 bits per heavy atom. The highest BCUT2D eigenvalue weighted by molar-refractivity contribution is 5.89. The molecular formula is C18H18N4O2. The first kappa shape index (κ1) is 15.7. The highest BCUT2D eigenvalue weighted by atomic mass is 16.4. The molecule has 0 saturated heterocycles. The molecule has 0 atom stereocenters. The third kappa shape index (κ3) is 3.78. The molecule has 0 aliphatic carbocycles. The van der Waals surface area contributed by atoms with Gasteiger partial charge >= 0.3 is 0 Å². The van der Waals surface area contributed by atoms with Crippen LogP contribution in [0.2, 0.25) is 0 Å². The lowest BCUT2D eigenvalue weighted by molar-refractivity contribution is -0.114. The first-order valence-corrected chi connectivity index (χ1v) is 7.62. The van der Waals surface area contributed by atoms with Crippen molar-refractivity contribution in [1.82, 2.24) is 10.2 Å². The van der Waals surface area contributed by atoms with E-state index in [0.717, 1.165) is 22.5 Å². The zero-order valence-corrected chi connectivity index (χ0v) is 13.5. The highest BCUT2D eigenvalue weighted by Gasteiger charge is 2.10. The summed E-state index contributed by atoms with van der Waals surface area (Å²) < 4.78 is 5.71. The molecule has 0 spiro atoms. The topological polar surface area (TPSA) is 80.0 Å². The van der Waals surface area contributed by atoms with Crippen molar-refractivity contribution in [2.24, 2.45) is 0 Å². The molecule has 2 aromatic carbocycles. The van der Waals surface area contributed by atoms with Gasteiger partial charge in [0.1, 0.15) is 0 Å². The van der Waals surface area contributed by atoms with Crippen LogP contribution < -0.4 is 10.6 Å². The predicted octanol–water partition coefficient (Wildman–Crippen LogP) is 3.62. The molecule has 0 radical (unpaired) electrons. The van der Waals surface area contributed by atoms with Gasteiger partial charge in [0, 0.05) is 23.9 Å². The molecule has 2 N–H and O–H groups in total. The van der Waals surface area contributed by atoms with Crippen LogP contribution in [-0.2, 0) is 11.3 Å². The average molecular weight is 322 g/mol. The summed E-state index contributed by atoms with van der Waals surface area (Å²) >= 11 is 0. The Balaban J connectivity index is 1.68. The fourth-order valence-corrected chi connectivity index (χ4v) is 2.33. The fourth-order valence-electron chi connectivity index (χ4n) is 2.33. The van der Waals surface area contributed by atoms with Gasteiger partial charge in [0.05, 0.1) is 6.54 Å². The van der Waals surface area contributed by atoms with Crippen molar-refractivity contribution in [3.63, 3.8) is 0 Å². The number of aryl methyl sites for hydroxylation is 1. The molecule has 1 heterocycles. The number of rotatable bonds is 5. The number of aromatic nitrogens is 2. The Hall–Kier alpha value is -3.15. The molecule has 6 heteroatoms. The third-order valence-corrected chi connectivity index (χ3v) is 3.47. The second-order valence-corrected chi connectivity index (χ2v) is 5.43. The van der Waals surface area contributed by atoms with Gasteiger partial charge in [-0.05, 0) is 36.8 Å². The third-order valence-electron chi connectivity index (χ3n) is 3.47. The van der Waals surface area contributed by atoms with Crippen molar-refractivity contribution in [2.75, 3.05) is 10.6 Å². The van der Waals surface area contributed by atoms with E-state index in [2.05, 4.69) is 20.8 Å². The van der Waals surface area contributed by atoms with Crippen LogP contribution in [-0.4, -0.2) is 16.1 Å². The van der Waals surface area contributed by atoms with E-state index in [-0.39, 0.29) is 5.91 Å². The minimum absolute atomic E-state index is 0.105. The highest BCUT2D eigenvalue weighted by Crippen LogP contribution is 2.22. The van der Waals surface area contributed by atoms with E-state index in [0.29, 0.717) is 18.3 Å². The van der Waals surface area contributed by atoms with Crippen molar-refractivity contribution in [2.45, 2.75) is 20.4 Å². The standard InChI is InChI=1S/C18H18N4O2/c1-12-6-3-4-9-16(12)18-22-21-17(24-18)11-19-14-7-5-8-15(10-14)20-13(2)23/h3-10,19H,11H2,1-2H3,(H,20,23). The largest absolute Gasteiger partial charge is 0.419 e. The Morgan fingerprint density at radius 3 is 2.67 bits per heavy atom. The summed E-state index contributed by atoms with van der Waals surface area (Å²) in [7, 11) is 0. The van der Waals surface area contributed by atoms with Crippen molar-refractivity contribution < 1.29 is 9.21 Å². The van der Waals surface area contributed by atoms with E-state index in [9.17, 15) is 4.79 Å². The minimum atomic E-state index is -0.105. The second kappa shape index (κ2) is 6.95. The summed E-state index contributed by atoms with van der Waals surface area (Å²) in [6.45, 7) is 3.89. The van der Waals surface area contributed by atoms with E-state index in [4.69, 9.17) is 4.42 Å². The van der Waals surface area contributed by atoms with Crippen LogP contribution in [0.3, 0.4) is 0 Å². The summed E-state index contributed by atoms with van der Waals surface area (Å²) in [4.78, 5) is 11.1. The maximum Gasteiger partial charge on any atom is 0.248 e. The lowest BCUT2D eigenvalue weighted by Gasteiger charge is -2.06. The second-order valence-electron chi connectivity index (χ2n) is 5.43. The van der Waals surface area contributed by atoms with E-state index in [1.54, 1.807) is 0 Å². The van der Waals surface area contributed by atoms with Gasteiger partial charge in [-0.2, -0.15) is 0 Å². The molecule has 3 rings (SSSR count). The quantitative estimate of drug-likeness (QED) is 0.750. The molecule has 1 aromatic heterocycles. The number of amides is 1. The van der Waals surface area contributed by atoms with Gasteiger partial charge in [-0.15, -0.1) is 10.2 Å². The molecule has 0 unspecified atom stereocenters. The van der Waals surface area contributed by atoms with Gasteiger partial charge in [-0.25, -0.2) is 0 Å². The van der Waals surface area contributed by atoms with Crippen molar-refractivity contribution in [1.29, 1.82) is 0 Å². The number of nitrogens with zero attached hydrogens (tertiary/aromatic N) is 2. The first-order valence-electron chi connectivity index (χ1n) is 7.62. The van der Waals surface area contributed by atoms with Crippen LogP contribution in [0.5, 0.6) is 0 Å². The van der Waals surface area contributed by atoms with Gasteiger partial charge in [0.25, 0.3) is 0 Å². The van der Waals surface area contributed by atoms with Crippen LogP contribution in [0, 0.1) is 6.92 Å². The summed E-state index contributed by atoms with van der Waals surface area (Å²) in [6.07, 6.45) is 0. The Kier molecular flexibility index (Phi) is 4.56. The van der Waals surface area contributed by atoms with Crippen molar-refractivity contribution >= 4 is 17.3 Å². The molecule has 1 amide bonds. The zero-order chi connectivity index (χ0) is 16.9. The lowest BCUT2D eigenvalue weighted by atomic mass is 10.1. The van der Waals surface area contributed by atoms with Gasteiger partial charge in [-0.3, -0.25) is 4.79 Å². The summed E-state index contributed by atoms with van der Waals surface area (Å²) in [5, 5.41) is 14.1. The molecular weight excluding hydrogens is 304 g/mol. The normalized spacial score (nSPS) is 10.4. The number of anilines is 2. The van der Waals surface area contributed by atoms with Crippen molar-refractivity contribution in [3.05, 3.63) is 60.0 Å². The Bertz CT molecular complexity index is 857. The van der Waals surface area contributed by atoms with Gasteiger partial charge in [-0.1, -0.05) is 24.3 Å². The Morgan fingerprint density at radius 1 is 1.08 bits per heavy atom. The molecule has 0 bridgehead atoms. The van der Waals surface area contributed by atoms with Crippen LogP contribution in [0.15, 0.2) is 52.9 Å². The van der Waals surface area contributed by atoms with Gasteiger partial charge < -0.3 is 15.1 Å². The van der Waals surface area contributed by atoms with Crippen LogP contribution in [0.25, 0.3) is 11.5 Å². The molecule has 24 heavy (non-hydrogen) atoms. The lowest BCUT2D eigenvalue weighted by Crippen LogP contribution is -2.06. The number of benzene rings is 2. The average Bonchev–Trinajstić information content (AvgIpc) is 3.02. The van der Waals surface area contributed by atoms with E-state index in [1.807, 2.05) is 55.5 Å². The minimum Gasteiger partial charge on any atom is -0.419 e. The fraction of sp³-hybridized carbons (Fsp3) is 0.167. The van der Waals surface area contributed by atoms with Crippen molar-refractivity contribution in [3.8, 4) is 11.5 Å². The van der Waals surface area contributed by atoms with Crippen LogP contribution in [0.1, 0.15) is 18.4 Å². The molecule has 0 aliphatic rings. The predicted molar refractivity (Wildman–Crippen MR) is 92.5 cm³/mol. The van der Waals surface area contributed by atoms with Gasteiger partial charge in [0.2, 0.25) is 17.7 Å². The summed E-state index contributed by atoms with van der Waals surface area (Å²) in [5.41, 5.74) is 3.61. The van der Waals surface area contributed by atoms with E-state index < -0.39 is 0 Å². The molecule has 6 nitrogen and oxygen atoms in total. The molecule has 0 fully saturated rings. The maximum absolute atomic E-state index is 11.1. The number of carbonyl (C=O) groups is 1. The molecule has 3 aromatic rings. The number of hydrogen-bond donors (Lipinski definition) is 2.